The normalized spacial score (nSPS) is 13.1. The van der Waals surface area contributed by atoms with Crippen LogP contribution in [-0.4, -0.2) is 26.8 Å². The van der Waals surface area contributed by atoms with Gasteiger partial charge in [0.25, 0.3) is 0 Å². The molecule has 17 heavy (non-hydrogen) atoms. The van der Waals surface area contributed by atoms with Crippen LogP contribution in [0.4, 0.5) is 17.6 Å². The second kappa shape index (κ2) is 4.26. The molecule has 1 aromatic carbocycles. The van der Waals surface area contributed by atoms with Crippen LogP contribution in [0.1, 0.15) is 5.56 Å². The number of hydrogen-bond donors (Lipinski definition) is 0. The first-order valence-corrected chi connectivity index (χ1v) is 5.80. The molecule has 0 aliphatic rings. The first-order valence-electron chi connectivity index (χ1n) is 4.36. The van der Waals surface area contributed by atoms with Crippen LogP contribution in [-0.2, 0) is 16.2 Å². The van der Waals surface area contributed by atoms with Crippen molar-refractivity contribution in [1.82, 2.24) is 4.31 Å². The lowest BCUT2D eigenvalue weighted by Crippen LogP contribution is -2.23. The predicted octanol–water partition coefficient (Wildman–Crippen LogP) is 2.09. The van der Waals surface area contributed by atoms with Crippen LogP contribution in [0.25, 0.3) is 0 Å². The van der Waals surface area contributed by atoms with E-state index in [0.29, 0.717) is 6.07 Å². The maximum atomic E-state index is 12.9. The molecule has 8 heteroatoms. The average Bonchev–Trinajstić information content (AvgIpc) is 2.15. The van der Waals surface area contributed by atoms with Crippen molar-refractivity contribution in [3.05, 3.63) is 29.6 Å². The minimum atomic E-state index is -4.93. The molecule has 0 saturated heterocycles. The summed E-state index contributed by atoms with van der Waals surface area (Å²) in [6.07, 6.45) is -4.93. The van der Waals surface area contributed by atoms with Gasteiger partial charge in [-0.3, -0.25) is 0 Å². The highest BCUT2D eigenvalue weighted by Crippen LogP contribution is 2.33. The van der Waals surface area contributed by atoms with Gasteiger partial charge < -0.3 is 0 Å². The molecule has 3 nitrogen and oxygen atoms in total. The van der Waals surface area contributed by atoms with E-state index in [1.807, 2.05) is 0 Å². The summed E-state index contributed by atoms with van der Waals surface area (Å²) in [5.41, 5.74) is -1.60. The highest BCUT2D eigenvalue weighted by Gasteiger charge is 2.35. The molecule has 1 rings (SSSR count). The second-order valence-electron chi connectivity index (χ2n) is 3.43. The van der Waals surface area contributed by atoms with E-state index < -0.39 is 32.5 Å². The Balaban J connectivity index is 3.43. The van der Waals surface area contributed by atoms with Crippen molar-refractivity contribution in [3.63, 3.8) is 0 Å². The molecule has 0 N–H and O–H groups in total. The molecule has 0 aliphatic heterocycles. The maximum Gasteiger partial charge on any atom is 0.419 e. The second-order valence-corrected chi connectivity index (χ2v) is 5.58. The Hall–Kier alpha value is -1.15. The summed E-state index contributed by atoms with van der Waals surface area (Å²) >= 11 is 0. The number of hydrogen-bond acceptors (Lipinski definition) is 2. The molecule has 0 heterocycles. The van der Waals surface area contributed by atoms with Gasteiger partial charge >= 0.3 is 6.18 Å². The van der Waals surface area contributed by atoms with Gasteiger partial charge in [0.2, 0.25) is 10.0 Å². The van der Waals surface area contributed by atoms with Crippen LogP contribution in [0.5, 0.6) is 0 Å². The Morgan fingerprint density at radius 2 is 1.71 bits per heavy atom. The van der Waals surface area contributed by atoms with Crippen molar-refractivity contribution < 1.29 is 26.0 Å². The summed E-state index contributed by atoms with van der Waals surface area (Å²) in [7, 11) is -1.66. The molecule has 0 unspecified atom stereocenters. The van der Waals surface area contributed by atoms with Crippen LogP contribution in [0, 0.1) is 5.82 Å². The third-order valence-electron chi connectivity index (χ3n) is 2.02. The molecule has 0 aromatic heterocycles. The number of benzene rings is 1. The minimum Gasteiger partial charge on any atom is -0.207 e. The standard InChI is InChI=1S/C9H9F4NO2S/c1-14(2)17(15,16)6-3-4-8(10)7(5-6)9(11,12)13/h3-5H,1-2H3. The Morgan fingerprint density at radius 1 is 1.18 bits per heavy atom. The van der Waals surface area contributed by atoms with E-state index in [1.54, 1.807) is 0 Å². The zero-order valence-corrected chi connectivity index (χ0v) is 9.73. The third-order valence-corrected chi connectivity index (χ3v) is 3.83. The molecular formula is C9H9F4NO2S. The Labute approximate surface area is 95.7 Å². The van der Waals surface area contributed by atoms with Crippen LogP contribution in [0.2, 0.25) is 0 Å². The summed E-state index contributed by atoms with van der Waals surface area (Å²) in [4.78, 5) is -0.601. The van der Waals surface area contributed by atoms with Crippen molar-refractivity contribution in [2.45, 2.75) is 11.1 Å². The monoisotopic (exact) mass is 271 g/mol. The van der Waals surface area contributed by atoms with Crippen molar-refractivity contribution in [3.8, 4) is 0 Å². The Bertz CT molecular complexity index is 522. The van der Waals surface area contributed by atoms with Gasteiger partial charge in [-0.05, 0) is 18.2 Å². The largest absolute Gasteiger partial charge is 0.419 e. The van der Waals surface area contributed by atoms with E-state index >= 15 is 0 Å². The number of rotatable bonds is 2. The van der Waals surface area contributed by atoms with Gasteiger partial charge in [-0.2, -0.15) is 13.2 Å². The van der Waals surface area contributed by atoms with Crippen molar-refractivity contribution in [2.75, 3.05) is 14.1 Å². The molecule has 1 aromatic rings. The molecule has 0 aliphatic carbocycles. The van der Waals surface area contributed by atoms with Gasteiger partial charge in [0.15, 0.2) is 0 Å². The summed E-state index contributed by atoms with van der Waals surface area (Å²) in [6.45, 7) is 0. The highest BCUT2D eigenvalue weighted by molar-refractivity contribution is 7.89. The third kappa shape index (κ3) is 2.75. The fourth-order valence-corrected chi connectivity index (χ4v) is 2.02. The van der Waals surface area contributed by atoms with E-state index in [0.717, 1.165) is 10.4 Å². The smallest absolute Gasteiger partial charge is 0.207 e. The van der Waals surface area contributed by atoms with Gasteiger partial charge in [0, 0.05) is 14.1 Å². The predicted molar refractivity (Wildman–Crippen MR) is 52.3 cm³/mol. The summed E-state index contributed by atoms with van der Waals surface area (Å²) in [5.74, 6) is -1.50. The molecular weight excluding hydrogens is 262 g/mol. The van der Waals surface area contributed by atoms with Gasteiger partial charge in [0.1, 0.15) is 5.82 Å². The average molecular weight is 271 g/mol. The van der Waals surface area contributed by atoms with Crippen molar-refractivity contribution in [1.29, 1.82) is 0 Å². The van der Waals surface area contributed by atoms with Crippen LogP contribution in [0.15, 0.2) is 23.1 Å². The van der Waals surface area contributed by atoms with Gasteiger partial charge in [-0.25, -0.2) is 17.1 Å². The number of alkyl halides is 3. The Morgan fingerprint density at radius 3 is 2.12 bits per heavy atom. The van der Waals surface area contributed by atoms with E-state index in [4.69, 9.17) is 0 Å². The summed E-state index contributed by atoms with van der Waals surface area (Å²) in [5, 5.41) is 0. The van der Waals surface area contributed by atoms with Crippen LogP contribution < -0.4 is 0 Å². The van der Waals surface area contributed by atoms with Crippen molar-refractivity contribution in [2.24, 2.45) is 0 Å². The van der Waals surface area contributed by atoms with E-state index in [2.05, 4.69) is 0 Å². The summed E-state index contributed by atoms with van der Waals surface area (Å²) < 4.78 is 73.9. The maximum absolute atomic E-state index is 12.9. The fourth-order valence-electron chi connectivity index (χ4n) is 1.09. The number of sulfonamides is 1. The lowest BCUT2D eigenvalue weighted by Gasteiger charge is -2.14. The van der Waals surface area contributed by atoms with Crippen molar-refractivity contribution >= 4 is 10.0 Å². The number of nitrogens with zero attached hydrogens (tertiary/aromatic N) is 1. The first-order chi connectivity index (χ1) is 7.56. The van der Waals surface area contributed by atoms with E-state index in [-0.39, 0.29) is 6.07 Å². The molecule has 0 saturated carbocycles. The van der Waals surface area contributed by atoms with E-state index in [1.165, 1.54) is 14.1 Å². The Kier molecular flexibility index (Phi) is 3.49. The lowest BCUT2D eigenvalue weighted by molar-refractivity contribution is -0.140. The molecule has 0 bridgehead atoms. The molecule has 0 amide bonds. The summed E-state index contributed by atoms with van der Waals surface area (Å²) in [6, 6.07) is 1.56. The topological polar surface area (TPSA) is 37.4 Å². The minimum absolute atomic E-state index is 0.282. The highest BCUT2D eigenvalue weighted by atomic mass is 32.2. The van der Waals surface area contributed by atoms with Gasteiger partial charge in [-0.15, -0.1) is 0 Å². The zero-order valence-electron chi connectivity index (χ0n) is 8.92. The molecule has 0 spiro atoms. The lowest BCUT2D eigenvalue weighted by atomic mass is 10.2. The molecule has 0 fully saturated rings. The van der Waals surface area contributed by atoms with Crippen LogP contribution >= 0.6 is 0 Å². The SMILES string of the molecule is CN(C)S(=O)(=O)c1ccc(F)c(C(F)(F)F)c1. The molecule has 96 valence electrons. The quantitative estimate of drug-likeness (QED) is 0.772. The van der Waals surface area contributed by atoms with Gasteiger partial charge in [-0.1, -0.05) is 0 Å². The zero-order chi connectivity index (χ0) is 13.4. The number of halogens is 4. The first kappa shape index (κ1) is 13.9. The van der Waals surface area contributed by atoms with Crippen LogP contribution in [0.3, 0.4) is 0 Å². The fraction of sp³-hybridized carbons (Fsp3) is 0.333. The van der Waals surface area contributed by atoms with Gasteiger partial charge in [0.05, 0.1) is 10.5 Å². The molecule has 0 radical (unpaired) electrons. The molecule has 0 atom stereocenters. The van der Waals surface area contributed by atoms with E-state index in [9.17, 15) is 26.0 Å².